The molecule has 2 aliphatic rings. The Bertz CT molecular complexity index is 1740. The molecule has 0 fully saturated rings. The van der Waals surface area contributed by atoms with Gasteiger partial charge in [-0.2, -0.15) is 0 Å². The molecule has 2 aromatic heterocycles. The smallest absolute Gasteiger partial charge is 0.333 e. The Hall–Kier alpha value is -4.31. The summed E-state index contributed by atoms with van der Waals surface area (Å²) in [4.78, 5) is 7.33. The third-order valence-corrected chi connectivity index (χ3v) is 7.22. The van der Waals surface area contributed by atoms with Gasteiger partial charge >= 0.3 is 6.85 Å². The summed E-state index contributed by atoms with van der Waals surface area (Å²) in [5, 5.41) is 2.56. The van der Waals surface area contributed by atoms with Crippen LogP contribution in [0.15, 0.2) is 109 Å². The van der Waals surface area contributed by atoms with Crippen LogP contribution in [0.5, 0.6) is 0 Å². The molecule has 0 N–H and O–H groups in total. The molecule has 0 atom stereocenters. The summed E-state index contributed by atoms with van der Waals surface area (Å²) < 4.78 is 2.53. The van der Waals surface area contributed by atoms with Gasteiger partial charge in [-0.3, -0.25) is 4.98 Å². The minimum Gasteiger partial charge on any atom is -0.374 e. The summed E-state index contributed by atoms with van der Waals surface area (Å²) in [6.07, 6.45) is 1.96. The molecule has 6 aromatic rings. The van der Waals surface area contributed by atoms with E-state index in [1.54, 1.807) is 0 Å². The molecule has 0 saturated heterocycles. The van der Waals surface area contributed by atoms with Gasteiger partial charge < -0.3 is 9.38 Å². The monoisotopic (exact) mass is 419 g/mol. The molecule has 0 saturated carbocycles. The zero-order valence-electron chi connectivity index (χ0n) is 17.8. The molecule has 4 heterocycles. The molecule has 0 amide bonds. The number of nitrogens with zero attached hydrogens (tertiary/aromatic N) is 3. The van der Waals surface area contributed by atoms with Gasteiger partial charge in [-0.15, -0.1) is 0 Å². The summed E-state index contributed by atoms with van der Waals surface area (Å²) in [7, 11) is 0. The number of pyridine rings is 1. The maximum atomic E-state index is 4.92. The summed E-state index contributed by atoms with van der Waals surface area (Å²) in [6, 6.07) is 37.1. The lowest BCUT2D eigenvalue weighted by Crippen LogP contribution is -2.56. The number of hydrogen-bond acceptors (Lipinski definition) is 2. The van der Waals surface area contributed by atoms with E-state index in [1.807, 2.05) is 6.20 Å². The maximum absolute atomic E-state index is 4.92. The number of benzene rings is 4. The van der Waals surface area contributed by atoms with Crippen LogP contribution in [-0.2, 0) is 0 Å². The van der Waals surface area contributed by atoms with Crippen molar-refractivity contribution in [3.63, 3.8) is 0 Å². The topological polar surface area (TPSA) is 21.1 Å². The van der Waals surface area contributed by atoms with Gasteiger partial charge in [0.2, 0.25) is 0 Å². The number of para-hydroxylation sites is 3. The fraction of sp³-hybridized carbons (Fsp3) is 0. The van der Waals surface area contributed by atoms with E-state index >= 15 is 0 Å². The first-order chi connectivity index (χ1) is 16.4. The van der Waals surface area contributed by atoms with Crippen LogP contribution in [0.25, 0.3) is 33.1 Å². The minimum absolute atomic E-state index is 0.103. The first-order valence-electron chi connectivity index (χ1n) is 11.4. The lowest BCUT2D eigenvalue weighted by molar-refractivity contribution is 1.23. The quantitative estimate of drug-likeness (QED) is 0.323. The first kappa shape index (κ1) is 17.3. The predicted octanol–water partition coefficient (Wildman–Crippen LogP) is 5.61. The molecule has 0 spiro atoms. The number of hydrogen-bond donors (Lipinski definition) is 0. The van der Waals surface area contributed by atoms with Crippen molar-refractivity contribution in [3.05, 3.63) is 109 Å². The Morgan fingerprint density at radius 3 is 2.36 bits per heavy atom. The van der Waals surface area contributed by atoms with Gasteiger partial charge in [-0.05, 0) is 47.3 Å². The fourth-order valence-corrected chi connectivity index (χ4v) is 5.99. The summed E-state index contributed by atoms with van der Waals surface area (Å²) in [5.41, 5.74) is 11.1. The first-order valence-corrected chi connectivity index (χ1v) is 11.4. The molecule has 0 unspecified atom stereocenters. The number of fused-ring (bicyclic) bond motifs is 7. The van der Waals surface area contributed by atoms with Gasteiger partial charge in [0.1, 0.15) is 0 Å². The van der Waals surface area contributed by atoms with E-state index in [4.69, 9.17) is 4.98 Å². The molecule has 0 radical (unpaired) electrons. The van der Waals surface area contributed by atoms with Crippen LogP contribution in [0, 0.1) is 0 Å². The van der Waals surface area contributed by atoms with Crippen molar-refractivity contribution in [1.82, 2.24) is 9.46 Å². The van der Waals surface area contributed by atoms with Crippen LogP contribution in [0.1, 0.15) is 0 Å². The molecule has 152 valence electrons. The van der Waals surface area contributed by atoms with E-state index in [1.165, 1.54) is 55.4 Å². The van der Waals surface area contributed by atoms with Gasteiger partial charge in [0.05, 0.1) is 11.2 Å². The molecular formula is C29H18BN3. The van der Waals surface area contributed by atoms with Crippen molar-refractivity contribution in [2.24, 2.45) is 0 Å². The third kappa shape index (κ3) is 2.08. The second-order valence-electron chi connectivity index (χ2n) is 8.81. The molecule has 0 bridgehead atoms. The molecule has 0 aliphatic carbocycles. The molecular weight excluding hydrogens is 401 g/mol. The van der Waals surface area contributed by atoms with Crippen LogP contribution >= 0.6 is 0 Å². The van der Waals surface area contributed by atoms with E-state index in [2.05, 4.69) is 113 Å². The van der Waals surface area contributed by atoms with E-state index in [0.717, 1.165) is 5.69 Å². The second kappa shape index (κ2) is 6.14. The van der Waals surface area contributed by atoms with E-state index in [9.17, 15) is 0 Å². The average Bonchev–Trinajstić information content (AvgIpc) is 3.22. The molecule has 33 heavy (non-hydrogen) atoms. The molecule has 4 heteroatoms. The maximum Gasteiger partial charge on any atom is 0.333 e. The largest absolute Gasteiger partial charge is 0.374 e. The van der Waals surface area contributed by atoms with E-state index in [0.29, 0.717) is 0 Å². The lowest BCUT2D eigenvalue weighted by Gasteiger charge is -2.40. The van der Waals surface area contributed by atoms with Crippen molar-refractivity contribution in [1.29, 1.82) is 0 Å². The number of rotatable bonds is 1. The van der Waals surface area contributed by atoms with Crippen molar-refractivity contribution < 1.29 is 0 Å². The fourth-order valence-electron chi connectivity index (χ4n) is 5.99. The highest BCUT2D eigenvalue weighted by molar-refractivity contribution is 6.90. The van der Waals surface area contributed by atoms with Gasteiger partial charge in [-0.25, -0.2) is 0 Å². The van der Waals surface area contributed by atoms with Crippen LogP contribution in [0.4, 0.5) is 17.1 Å². The van der Waals surface area contributed by atoms with Crippen molar-refractivity contribution in [2.45, 2.75) is 0 Å². The van der Waals surface area contributed by atoms with Gasteiger partial charge in [-0.1, -0.05) is 66.7 Å². The van der Waals surface area contributed by atoms with Crippen LogP contribution in [-0.4, -0.2) is 16.3 Å². The predicted molar refractivity (Wildman–Crippen MR) is 138 cm³/mol. The summed E-state index contributed by atoms with van der Waals surface area (Å²) in [6.45, 7) is 0.103. The number of aromatic nitrogens is 2. The highest BCUT2D eigenvalue weighted by Crippen LogP contribution is 2.43. The van der Waals surface area contributed by atoms with E-state index in [-0.39, 0.29) is 6.85 Å². The van der Waals surface area contributed by atoms with Gasteiger partial charge in [0, 0.05) is 45.1 Å². The Balaban J connectivity index is 1.58. The van der Waals surface area contributed by atoms with Crippen LogP contribution in [0.3, 0.4) is 0 Å². The van der Waals surface area contributed by atoms with Crippen LogP contribution in [0.2, 0.25) is 0 Å². The zero-order valence-corrected chi connectivity index (χ0v) is 17.8. The molecule has 2 aliphatic heterocycles. The van der Waals surface area contributed by atoms with Crippen LogP contribution < -0.4 is 15.8 Å². The van der Waals surface area contributed by atoms with Crippen molar-refractivity contribution >= 4 is 56.6 Å². The SMILES string of the molecule is c1ccc(N2c3ccccc3B3c4c(cccc42)-c2nccc4c5ccccc5n3c24)cc1. The molecule has 8 rings (SSSR count). The van der Waals surface area contributed by atoms with Gasteiger partial charge in [0.25, 0.3) is 0 Å². The number of anilines is 3. The Kier molecular flexibility index (Phi) is 3.21. The summed E-state index contributed by atoms with van der Waals surface area (Å²) >= 11 is 0. The molecule has 4 aromatic carbocycles. The highest BCUT2D eigenvalue weighted by Gasteiger charge is 2.42. The average molecular weight is 419 g/mol. The van der Waals surface area contributed by atoms with Gasteiger partial charge in [0.15, 0.2) is 0 Å². The van der Waals surface area contributed by atoms with Crippen molar-refractivity contribution in [3.8, 4) is 11.3 Å². The molecule has 3 nitrogen and oxygen atoms in total. The Morgan fingerprint density at radius 2 is 1.42 bits per heavy atom. The standard InChI is InChI=1S/C29H18BN3/c1-2-9-19(10-3-1)32-25-15-7-5-13-23(25)30-27-22(12-8-16-26(27)32)28-29-21(17-18-31-28)20-11-4-6-14-24(20)33(29)30/h1-18H. The Morgan fingerprint density at radius 1 is 0.636 bits per heavy atom. The van der Waals surface area contributed by atoms with E-state index < -0.39 is 0 Å². The lowest BCUT2D eigenvalue weighted by atomic mass is 9.45. The third-order valence-electron chi connectivity index (χ3n) is 7.22. The zero-order chi connectivity index (χ0) is 21.5. The minimum atomic E-state index is 0.103. The highest BCUT2D eigenvalue weighted by atomic mass is 15.2. The second-order valence-corrected chi connectivity index (χ2v) is 8.81. The van der Waals surface area contributed by atoms with Crippen molar-refractivity contribution in [2.75, 3.05) is 4.90 Å². The normalized spacial score (nSPS) is 13.3. The summed E-state index contributed by atoms with van der Waals surface area (Å²) in [5.74, 6) is 0. The Labute approximate surface area is 191 Å².